The summed E-state index contributed by atoms with van der Waals surface area (Å²) in [7, 11) is 0. The molecule has 0 heterocycles. The summed E-state index contributed by atoms with van der Waals surface area (Å²) in [6.07, 6.45) is 2.44. The summed E-state index contributed by atoms with van der Waals surface area (Å²) in [5, 5.41) is 5.41. The van der Waals surface area contributed by atoms with Gasteiger partial charge in [-0.05, 0) is 39.5 Å². The number of hydrogen-bond donors (Lipinski definition) is 2. The highest BCUT2D eigenvalue weighted by Gasteiger charge is 2.24. The second-order valence-corrected chi connectivity index (χ2v) is 6.20. The van der Waals surface area contributed by atoms with Gasteiger partial charge in [0, 0.05) is 6.54 Å². The number of ether oxygens (including phenoxy) is 1. The molecular formula is C15H28N2O3. The van der Waals surface area contributed by atoms with E-state index in [0.29, 0.717) is 25.3 Å². The standard InChI is InChI=1S/C15H28N2O3/c1-7-8-9-16-13(18)12(10-11(2)3)17-14(19)20-15(4,5)6/h7,11-12H,1,8-10H2,2-6H3,(H,16,18)(H,17,19)/t12-/m0/s1. The third-order valence-electron chi connectivity index (χ3n) is 2.36. The minimum atomic E-state index is -0.578. The highest BCUT2D eigenvalue weighted by molar-refractivity contribution is 5.85. The van der Waals surface area contributed by atoms with Gasteiger partial charge < -0.3 is 15.4 Å². The van der Waals surface area contributed by atoms with E-state index in [1.54, 1.807) is 26.8 Å². The Hall–Kier alpha value is -1.52. The van der Waals surface area contributed by atoms with Gasteiger partial charge in [-0.15, -0.1) is 6.58 Å². The molecular weight excluding hydrogens is 256 g/mol. The first-order chi connectivity index (χ1) is 9.15. The van der Waals surface area contributed by atoms with Crippen LogP contribution in [0.5, 0.6) is 0 Å². The van der Waals surface area contributed by atoms with Crippen LogP contribution in [-0.4, -0.2) is 30.2 Å². The molecule has 5 nitrogen and oxygen atoms in total. The van der Waals surface area contributed by atoms with E-state index in [1.807, 2.05) is 13.8 Å². The maximum absolute atomic E-state index is 12.0. The molecule has 2 amide bonds. The van der Waals surface area contributed by atoms with Crippen LogP contribution in [0, 0.1) is 5.92 Å². The molecule has 0 saturated heterocycles. The number of alkyl carbamates (subject to hydrolysis) is 1. The highest BCUT2D eigenvalue weighted by Crippen LogP contribution is 2.09. The van der Waals surface area contributed by atoms with Crippen molar-refractivity contribution in [2.75, 3.05) is 6.54 Å². The third kappa shape index (κ3) is 9.42. The molecule has 0 saturated carbocycles. The van der Waals surface area contributed by atoms with Crippen molar-refractivity contribution in [3.8, 4) is 0 Å². The zero-order chi connectivity index (χ0) is 15.8. The lowest BCUT2D eigenvalue weighted by Gasteiger charge is -2.24. The summed E-state index contributed by atoms with van der Waals surface area (Å²) in [6, 6.07) is -0.574. The van der Waals surface area contributed by atoms with Gasteiger partial charge in [0.15, 0.2) is 0 Å². The Morgan fingerprint density at radius 2 is 1.90 bits per heavy atom. The Balaban J connectivity index is 4.51. The summed E-state index contributed by atoms with van der Waals surface area (Å²) in [4.78, 5) is 23.8. The van der Waals surface area contributed by atoms with Crippen molar-refractivity contribution in [2.24, 2.45) is 5.92 Å². The second-order valence-electron chi connectivity index (χ2n) is 6.20. The molecule has 0 aliphatic carbocycles. The zero-order valence-corrected chi connectivity index (χ0v) is 13.3. The van der Waals surface area contributed by atoms with Crippen LogP contribution in [0.25, 0.3) is 0 Å². The van der Waals surface area contributed by atoms with Crippen LogP contribution in [0.4, 0.5) is 4.79 Å². The number of nitrogens with one attached hydrogen (secondary N) is 2. The molecule has 0 aliphatic rings. The predicted octanol–water partition coefficient (Wildman–Crippen LogP) is 2.62. The average molecular weight is 284 g/mol. The SMILES string of the molecule is C=CCCNC(=O)[C@H](CC(C)C)NC(=O)OC(C)(C)C. The number of amides is 2. The van der Waals surface area contributed by atoms with Gasteiger partial charge in [0.25, 0.3) is 0 Å². The van der Waals surface area contributed by atoms with E-state index >= 15 is 0 Å². The lowest BCUT2D eigenvalue weighted by Crippen LogP contribution is -2.48. The number of carbonyl (C=O) groups excluding carboxylic acids is 2. The van der Waals surface area contributed by atoms with Crippen molar-refractivity contribution in [1.82, 2.24) is 10.6 Å². The second kappa shape index (κ2) is 8.61. The number of rotatable bonds is 7. The minimum Gasteiger partial charge on any atom is -0.444 e. The van der Waals surface area contributed by atoms with Crippen molar-refractivity contribution in [1.29, 1.82) is 0 Å². The molecule has 0 aromatic rings. The Bertz CT molecular complexity index is 333. The van der Waals surface area contributed by atoms with E-state index < -0.39 is 17.7 Å². The lowest BCUT2D eigenvalue weighted by atomic mass is 10.0. The van der Waals surface area contributed by atoms with E-state index in [-0.39, 0.29) is 5.91 Å². The van der Waals surface area contributed by atoms with Crippen molar-refractivity contribution >= 4 is 12.0 Å². The quantitative estimate of drug-likeness (QED) is 0.558. The Morgan fingerprint density at radius 1 is 1.30 bits per heavy atom. The van der Waals surface area contributed by atoms with Crippen LogP contribution in [0.2, 0.25) is 0 Å². The molecule has 0 aromatic heterocycles. The van der Waals surface area contributed by atoms with Gasteiger partial charge >= 0.3 is 6.09 Å². The van der Waals surface area contributed by atoms with Gasteiger partial charge in [0.2, 0.25) is 5.91 Å². The van der Waals surface area contributed by atoms with E-state index in [9.17, 15) is 9.59 Å². The Kier molecular flexibility index (Phi) is 7.96. The first kappa shape index (κ1) is 18.5. The Labute approximate surface area is 122 Å². The molecule has 116 valence electrons. The molecule has 2 N–H and O–H groups in total. The maximum Gasteiger partial charge on any atom is 0.408 e. The van der Waals surface area contributed by atoms with Gasteiger partial charge in [-0.3, -0.25) is 4.79 Å². The number of carbonyl (C=O) groups is 2. The molecule has 0 aromatic carbocycles. The fourth-order valence-electron chi connectivity index (χ4n) is 1.57. The van der Waals surface area contributed by atoms with E-state index in [0.717, 1.165) is 0 Å². The molecule has 0 spiro atoms. The summed E-state index contributed by atoms with van der Waals surface area (Å²) in [5.74, 6) is 0.103. The summed E-state index contributed by atoms with van der Waals surface area (Å²) < 4.78 is 5.18. The molecule has 0 bridgehead atoms. The van der Waals surface area contributed by atoms with Crippen LogP contribution in [0.3, 0.4) is 0 Å². The van der Waals surface area contributed by atoms with Gasteiger partial charge in [-0.2, -0.15) is 0 Å². The Morgan fingerprint density at radius 3 is 2.35 bits per heavy atom. The monoisotopic (exact) mass is 284 g/mol. The fraction of sp³-hybridized carbons (Fsp3) is 0.733. The van der Waals surface area contributed by atoms with E-state index in [4.69, 9.17) is 4.74 Å². The van der Waals surface area contributed by atoms with Crippen LogP contribution in [0.1, 0.15) is 47.5 Å². The maximum atomic E-state index is 12.0. The highest BCUT2D eigenvalue weighted by atomic mass is 16.6. The van der Waals surface area contributed by atoms with Crippen molar-refractivity contribution < 1.29 is 14.3 Å². The van der Waals surface area contributed by atoms with Crippen LogP contribution < -0.4 is 10.6 Å². The van der Waals surface area contributed by atoms with Gasteiger partial charge in [0.1, 0.15) is 11.6 Å². The summed E-state index contributed by atoms with van der Waals surface area (Å²) in [5.41, 5.74) is -0.578. The third-order valence-corrected chi connectivity index (χ3v) is 2.36. The van der Waals surface area contributed by atoms with Gasteiger partial charge in [-0.1, -0.05) is 19.9 Å². The first-order valence-electron chi connectivity index (χ1n) is 7.04. The fourth-order valence-corrected chi connectivity index (χ4v) is 1.57. The molecule has 0 radical (unpaired) electrons. The zero-order valence-electron chi connectivity index (χ0n) is 13.3. The molecule has 5 heteroatoms. The van der Waals surface area contributed by atoms with E-state index in [2.05, 4.69) is 17.2 Å². The van der Waals surface area contributed by atoms with Crippen LogP contribution in [-0.2, 0) is 9.53 Å². The minimum absolute atomic E-state index is 0.189. The van der Waals surface area contributed by atoms with E-state index in [1.165, 1.54) is 0 Å². The van der Waals surface area contributed by atoms with Crippen LogP contribution >= 0.6 is 0 Å². The first-order valence-corrected chi connectivity index (χ1v) is 7.04. The molecule has 0 aliphatic heterocycles. The van der Waals surface area contributed by atoms with Crippen LogP contribution in [0.15, 0.2) is 12.7 Å². The largest absolute Gasteiger partial charge is 0.444 e. The number of hydrogen-bond acceptors (Lipinski definition) is 3. The smallest absolute Gasteiger partial charge is 0.408 e. The predicted molar refractivity (Wildman–Crippen MR) is 80.4 cm³/mol. The molecule has 20 heavy (non-hydrogen) atoms. The van der Waals surface area contributed by atoms with Gasteiger partial charge in [0.05, 0.1) is 0 Å². The molecule has 0 rings (SSSR count). The normalized spacial score (nSPS) is 12.7. The summed E-state index contributed by atoms with van der Waals surface area (Å²) >= 11 is 0. The van der Waals surface area contributed by atoms with Crippen molar-refractivity contribution in [2.45, 2.75) is 59.1 Å². The molecule has 0 unspecified atom stereocenters. The molecule has 1 atom stereocenters. The average Bonchev–Trinajstić information content (AvgIpc) is 2.25. The van der Waals surface area contributed by atoms with Crippen molar-refractivity contribution in [3.05, 3.63) is 12.7 Å². The lowest BCUT2D eigenvalue weighted by molar-refractivity contribution is -0.123. The molecule has 0 fully saturated rings. The van der Waals surface area contributed by atoms with Gasteiger partial charge in [-0.25, -0.2) is 4.79 Å². The van der Waals surface area contributed by atoms with Crippen molar-refractivity contribution in [3.63, 3.8) is 0 Å². The topological polar surface area (TPSA) is 67.4 Å². The summed E-state index contributed by atoms with van der Waals surface area (Å²) in [6.45, 7) is 13.5.